The van der Waals surface area contributed by atoms with Crippen molar-refractivity contribution < 1.29 is 9.52 Å². The summed E-state index contributed by atoms with van der Waals surface area (Å²) in [7, 11) is 1.73. The van der Waals surface area contributed by atoms with Gasteiger partial charge in [-0.05, 0) is 36.8 Å². The lowest BCUT2D eigenvalue weighted by Gasteiger charge is -2.02. The summed E-state index contributed by atoms with van der Waals surface area (Å²) in [4.78, 5) is 4.32. The third kappa shape index (κ3) is 2.42. The highest BCUT2D eigenvalue weighted by molar-refractivity contribution is 6.33. The number of hydrogen-bond acceptors (Lipinski definition) is 4. The van der Waals surface area contributed by atoms with Crippen molar-refractivity contribution in [3.63, 3.8) is 0 Å². The van der Waals surface area contributed by atoms with E-state index in [1.807, 2.05) is 31.2 Å². The van der Waals surface area contributed by atoms with Gasteiger partial charge in [-0.25, -0.2) is 0 Å². The summed E-state index contributed by atoms with van der Waals surface area (Å²) in [6.45, 7) is 1.97. The molecule has 2 aromatic heterocycles. The van der Waals surface area contributed by atoms with Crippen LogP contribution in [-0.2, 0) is 0 Å². The first-order valence-electron chi connectivity index (χ1n) is 6.83. The number of nitrogens with zero attached hydrogens (tertiary/aromatic N) is 1. The molecule has 0 fully saturated rings. The van der Waals surface area contributed by atoms with Crippen LogP contribution in [0.15, 0.2) is 47.0 Å². The van der Waals surface area contributed by atoms with Crippen LogP contribution in [0.1, 0.15) is 5.56 Å². The molecule has 0 atom stereocenters. The molecule has 112 valence electrons. The van der Waals surface area contributed by atoms with Crippen molar-refractivity contribution in [3.8, 4) is 28.3 Å². The first-order chi connectivity index (χ1) is 10.6. The highest BCUT2D eigenvalue weighted by Crippen LogP contribution is 2.46. The average Bonchev–Trinajstić information content (AvgIpc) is 2.84. The molecule has 0 aliphatic carbocycles. The predicted octanol–water partition coefficient (Wildman–Crippen LogP) is 4.72. The molecule has 0 saturated carbocycles. The number of anilines is 1. The number of hydrogen-bond donors (Lipinski definition) is 2. The number of nitrogens with one attached hydrogen (secondary N) is 1. The molecule has 2 N–H and O–H groups in total. The largest absolute Gasteiger partial charge is 0.504 e. The summed E-state index contributed by atoms with van der Waals surface area (Å²) in [5.74, 6) is 0.800. The highest BCUT2D eigenvalue weighted by atomic mass is 35.5. The number of halogens is 1. The van der Waals surface area contributed by atoms with Crippen LogP contribution in [0.5, 0.6) is 5.75 Å². The van der Waals surface area contributed by atoms with E-state index in [0.717, 1.165) is 5.56 Å². The Bertz CT molecular complexity index is 827. The lowest BCUT2D eigenvalue weighted by Crippen LogP contribution is -1.90. The smallest absolute Gasteiger partial charge is 0.206 e. The summed E-state index contributed by atoms with van der Waals surface area (Å²) in [6, 6.07) is 11.0. The lowest BCUT2D eigenvalue weighted by atomic mass is 10.1. The molecule has 0 unspecified atom stereocenters. The quantitative estimate of drug-likeness (QED) is 0.734. The van der Waals surface area contributed by atoms with Gasteiger partial charge in [-0.15, -0.1) is 0 Å². The summed E-state index contributed by atoms with van der Waals surface area (Å²) in [6.07, 6.45) is 1.70. The topological polar surface area (TPSA) is 58.3 Å². The van der Waals surface area contributed by atoms with Crippen molar-refractivity contribution in [2.75, 3.05) is 12.4 Å². The van der Waals surface area contributed by atoms with Crippen molar-refractivity contribution >= 4 is 17.5 Å². The minimum absolute atomic E-state index is 0.0237. The normalized spacial score (nSPS) is 10.7. The Kier molecular flexibility index (Phi) is 3.77. The van der Waals surface area contributed by atoms with Crippen LogP contribution in [0.3, 0.4) is 0 Å². The van der Waals surface area contributed by atoms with E-state index in [0.29, 0.717) is 33.5 Å². The maximum absolute atomic E-state index is 10.6. The predicted molar refractivity (Wildman–Crippen MR) is 88.3 cm³/mol. The molecule has 3 rings (SSSR count). The van der Waals surface area contributed by atoms with E-state index in [9.17, 15) is 5.11 Å². The first kappa shape index (κ1) is 14.5. The van der Waals surface area contributed by atoms with Crippen molar-refractivity contribution in [2.24, 2.45) is 0 Å². The summed E-state index contributed by atoms with van der Waals surface area (Å²) in [5, 5.41) is 14.1. The third-order valence-corrected chi connectivity index (χ3v) is 3.73. The van der Waals surface area contributed by atoms with Gasteiger partial charge in [-0.3, -0.25) is 4.98 Å². The molecule has 0 spiro atoms. The number of benzene rings is 1. The summed E-state index contributed by atoms with van der Waals surface area (Å²) < 4.78 is 5.77. The second-order valence-electron chi connectivity index (χ2n) is 4.93. The number of pyridine rings is 1. The van der Waals surface area contributed by atoms with Gasteiger partial charge in [0.2, 0.25) is 5.88 Å². The lowest BCUT2D eigenvalue weighted by molar-refractivity contribution is 0.466. The molecular formula is C17H15ClN2O2. The van der Waals surface area contributed by atoms with Crippen molar-refractivity contribution in [2.45, 2.75) is 6.92 Å². The maximum Gasteiger partial charge on any atom is 0.206 e. The van der Waals surface area contributed by atoms with Gasteiger partial charge < -0.3 is 14.8 Å². The van der Waals surface area contributed by atoms with E-state index in [2.05, 4.69) is 10.3 Å². The number of aryl methyl sites for hydroxylation is 1. The fourth-order valence-corrected chi connectivity index (χ4v) is 2.56. The zero-order valence-corrected chi connectivity index (χ0v) is 13.0. The van der Waals surface area contributed by atoms with Gasteiger partial charge in [0.05, 0.1) is 10.7 Å². The van der Waals surface area contributed by atoms with Gasteiger partial charge in [-0.2, -0.15) is 0 Å². The standard InChI is InChI=1S/C17H15ClN2O2/c1-10-7-8-20-13(9-10)14-15(21)16(22-17(14)19-2)11-5-3-4-6-12(11)18/h3-9,19,21H,1-2H3. The fraction of sp³-hybridized carbons (Fsp3) is 0.118. The Morgan fingerprint density at radius 3 is 2.68 bits per heavy atom. The Labute approximate surface area is 133 Å². The zero-order chi connectivity index (χ0) is 15.7. The molecule has 5 heteroatoms. The van der Waals surface area contributed by atoms with E-state index < -0.39 is 0 Å². The second-order valence-corrected chi connectivity index (χ2v) is 5.34. The Morgan fingerprint density at radius 2 is 2.00 bits per heavy atom. The minimum Gasteiger partial charge on any atom is -0.504 e. The molecule has 0 aliphatic rings. The highest BCUT2D eigenvalue weighted by Gasteiger charge is 2.24. The van der Waals surface area contributed by atoms with Gasteiger partial charge in [0, 0.05) is 18.8 Å². The van der Waals surface area contributed by atoms with Crippen molar-refractivity contribution in [1.29, 1.82) is 0 Å². The van der Waals surface area contributed by atoms with E-state index in [1.54, 1.807) is 25.4 Å². The fourth-order valence-electron chi connectivity index (χ4n) is 2.34. The molecule has 0 bridgehead atoms. The molecule has 1 aromatic carbocycles. The zero-order valence-electron chi connectivity index (χ0n) is 12.2. The number of furan rings is 1. The van der Waals surface area contributed by atoms with E-state index in [4.69, 9.17) is 16.0 Å². The molecule has 2 heterocycles. The van der Waals surface area contributed by atoms with Gasteiger partial charge in [0.1, 0.15) is 5.56 Å². The summed E-state index contributed by atoms with van der Waals surface area (Å²) in [5.41, 5.74) is 2.86. The molecule has 0 radical (unpaired) electrons. The Morgan fingerprint density at radius 1 is 1.23 bits per heavy atom. The molecule has 0 amide bonds. The Hall–Kier alpha value is -2.46. The van der Waals surface area contributed by atoms with Crippen LogP contribution in [-0.4, -0.2) is 17.1 Å². The molecular weight excluding hydrogens is 300 g/mol. The third-order valence-electron chi connectivity index (χ3n) is 3.40. The number of aromatic nitrogens is 1. The van der Waals surface area contributed by atoms with E-state index in [-0.39, 0.29) is 5.75 Å². The van der Waals surface area contributed by atoms with Crippen LogP contribution in [0.4, 0.5) is 5.88 Å². The molecule has 0 saturated heterocycles. The van der Waals surface area contributed by atoms with Crippen molar-refractivity contribution in [3.05, 3.63) is 53.2 Å². The Balaban J connectivity index is 2.23. The minimum atomic E-state index is 0.0237. The van der Waals surface area contributed by atoms with Gasteiger partial charge in [-0.1, -0.05) is 23.7 Å². The van der Waals surface area contributed by atoms with Crippen LogP contribution in [0.2, 0.25) is 5.02 Å². The number of rotatable bonds is 3. The van der Waals surface area contributed by atoms with Crippen LogP contribution < -0.4 is 5.32 Å². The van der Waals surface area contributed by atoms with Crippen LogP contribution in [0, 0.1) is 6.92 Å². The summed E-state index contributed by atoms with van der Waals surface area (Å²) >= 11 is 6.20. The van der Waals surface area contributed by atoms with Gasteiger partial charge in [0.15, 0.2) is 11.5 Å². The maximum atomic E-state index is 10.6. The van der Waals surface area contributed by atoms with Crippen molar-refractivity contribution in [1.82, 2.24) is 4.98 Å². The molecule has 4 nitrogen and oxygen atoms in total. The van der Waals surface area contributed by atoms with Gasteiger partial charge in [0.25, 0.3) is 0 Å². The molecule has 3 aromatic rings. The molecule has 22 heavy (non-hydrogen) atoms. The molecule has 0 aliphatic heterocycles. The van der Waals surface area contributed by atoms with E-state index in [1.165, 1.54) is 0 Å². The number of aromatic hydroxyl groups is 1. The first-order valence-corrected chi connectivity index (χ1v) is 7.21. The van der Waals surface area contributed by atoms with Gasteiger partial charge >= 0.3 is 0 Å². The monoisotopic (exact) mass is 314 g/mol. The van der Waals surface area contributed by atoms with E-state index >= 15 is 0 Å². The average molecular weight is 315 g/mol. The van der Waals surface area contributed by atoms with Crippen LogP contribution >= 0.6 is 11.6 Å². The SMILES string of the molecule is CNc1oc(-c2ccccc2Cl)c(O)c1-c1cc(C)ccn1. The second kappa shape index (κ2) is 5.73. The van der Waals surface area contributed by atoms with Crippen LogP contribution in [0.25, 0.3) is 22.6 Å².